The van der Waals surface area contributed by atoms with Crippen molar-refractivity contribution in [2.75, 3.05) is 11.4 Å². The number of hydrogen-bond acceptors (Lipinski definition) is 4. The first-order chi connectivity index (χ1) is 7.58. The predicted molar refractivity (Wildman–Crippen MR) is 69.0 cm³/mol. The molecule has 1 aliphatic rings. The zero-order valence-corrected chi connectivity index (χ0v) is 11.4. The fraction of sp³-hybridized carbons (Fsp3) is 0.833. The van der Waals surface area contributed by atoms with Crippen LogP contribution in [0.4, 0.5) is 5.13 Å². The highest BCUT2D eigenvalue weighted by molar-refractivity contribution is 7.09. The monoisotopic (exact) mass is 239 g/mol. The first-order valence-electron chi connectivity index (χ1n) is 6.17. The maximum atomic E-state index is 4.65. The van der Waals surface area contributed by atoms with E-state index in [9.17, 15) is 0 Å². The maximum absolute atomic E-state index is 4.65. The molecule has 2 rings (SSSR count). The van der Waals surface area contributed by atoms with Gasteiger partial charge in [-0.3, -0.25) is 0 Å². The minimum absolute atomic E-state index is 0.611. The standard InChI is InChI=1S/C12H21N3S/c1-8(2)7-11-13-12(16-14-11)15-6-5-9(3)10(15)4/h8-10H,5-7H2,1-4H3. The summed E-state index contributed by atoms with van der Waals surface area (Å²) in [5, 5.41) is 1.12. The molecular formula is C12H21N3S. The van der Waals surface area contributed by atoms with Gasteiger partial charge in [0.1, 0.15) is 5.82 Å². The van der Waals surface area contributed by atoms with Crippen LogP contribution in [0.2, 0.25) is 0 Å². The summed E-state index contributed by atoms with van der Waals surface area (Å²) in [6.45, 7) is 10.2. The van der Waals surface area contributed by atoms with Gasteiger partial charge < -0.3 is 4.90 Å². The minimum Gasteiger partial charge on any atom is -0.344 e. The summed E-state index contributed by atoms with van der Waals surface area (Å²) in [4.78, 5) is 7.06. The van der Waals surface area contributed by atoms with Crippen molar-refractivity contribution in [3.63, 3.8) is 0 Å². The average molecular weight is 239 g/mol. The molecule has 0 bridgehead atoms. The Morgan fingerprint density at radius 2 is 2.19 bits per heavy atom. The van der Waals surface area contributed by atoms with Crippen molar-refractivity contribution >= 4 is 16.7 Å². The molecular weight excluding hydrogens is 218 g/mol. The molecule has 0 N–H and O–H groups in total. The van der Waals surface area contributed by atoms with E-state index in [1.54, 1.807) is 11.5 Å². The van der Waals surface area contributed by atoms with Gasteiger partial charge in [-0.1, -0.05) is 20.8 Å². The van der Waals surface area contributed by atoms with Crippen LogP contribution < -0.4 is 4.90 Å². The summed E-state index contributed by atoms with van der Waals surface area (Å²) < 4.78 is 4.45. The molecule has 3 nitrogen and oxygen atoms in total. The Bertz CT molecular complexity index is 348. The van der Waals surface area contributed by atoms with Crippen LogP contribution in [-0.2, 0) is 6.42 Å². The van der Waals surface area contributed by atoms with Gasteiger partial charge in [-0.05, 0) is 25.2 Å². The predicted octanol–water partition coefficient (Wildman–Crippen LogP) is 2.97. The fourth-order valence-corrected chi connectivity index (χ4v) is 2.99. The van der Waals surface area contributed by atoms with Crippen molar-refractivity contribution in [1.82, 2.24) is 9.36 Å². The molecule has 0 aliphatic carbocycles. The van der Waals surface area contributed by atoms with Gasteiger partial charge in [-0.25, -0.2) is 4.98 Å². The molecule has 4 heteroatoms. The van der Waals surface area contributed by atoms with Gasteiger partial charge in [0.15, 0.2) is 0 Å². The van der Waals surface area contributed by atoms with Gasteiger partial charge >= 0.3 is 0 Å². The number of nitrogens with zero attached hydrogens (tertiary/aromatic N) is 3. The highest BCUT2D eigenvalue weighted by Crippen LogP contribution is 2.30. The van der Waals surface area contributed by atoms with Crippen LogP contribution >= 0.6 is 11.5 Å². The molecule has 0 amide bonds. The molecule has 2 atom stereocenters. The van der Waals surface area contributed by atoms with Gasteiger partial charge in [-0.2, -0.15) is 4.37 Å². The molecule has 1 fully saturated rings. The molecule has 90 valence electrons. The molecule has 2 unspecified atom stereocenters. The van der Waals surface area contributed by atoms with Gasteiger partial charge in [-0.15, -0.1) is 0 Å². The van der Waals surface area contributed by atoms with Crippen molar-refractivity contribution in [2.24, 2.45) is 11.8 Å². The van der Waals surface area contributed by atoms with Crippen molar-refractivity contribution in [1.29, 1.82) is 0 Å². The van der Waals surface area contributed by atoms with E-state index in [1.807, 2.05) is 0 Å². The summed E-state index contributed by atoms with van der Waals surface area (Å²) in [6.07, 6.45) is 2.27. The van der Waals surface area contributed by atoms with Crippen LogP contribution in [0, 0.1) is 11.8 Å². The number of hydrogen-bond donors (Lipinski definition) is 0. The van der Waals surface area contributed by atoms with E-state index < -0.39 is 0 Å². The van der Waals surface area contributed by atoms with E-state index in [0.717, 1.165) is 29.8 Å². The zero-order valence-electron chi connectivity index (χ0n) is 10.6. The van der Waals surface area contributed by atoms with Gasteiger partial charge in [0.2, 0.25) is 5.13 Å². The second-order valence-electron chi connectivity index (χ2n) is 5.29. The van der Waals surface area contributed by atoms with E-state index in [0.29, 0.717) is 12.0 Å². The molecule has 1 aliphatic heterocycles. The second kappa shape index (κ2) is 4.70. The van der Waals surface area contributed by atoms with E-state index in [4.69, 9.17) is 0 Å². The minimum atomic E-state index is 0.611. The van der Waals surface area contributed by atoms with E-state index >= 15 is 0 Å². The molecule has 0 aromatic carbocycles. The third-order valence-electron chi connectivity index (χ3n) is 3.43. The summed E-state index contributed by atoms with van der Waals surface area (Å²) in [7, 11) is 0. The quantitative estimate of drug-likeness (QED) is 0.812. The zero-order chi connectivity index (χ0) is 11.7. The number of aromatic nitrogens is 2. The van der Waals surface area contributed by atoms with Crippen LogP contribution in [0.25, 0.3) is 0 Å². The molecule has 1 saturated heterocycles. The topological polar surface area (TPSA) is 29.0 Å². The van der Waals surface area contributed by atoms with E-state index in [-0.39, 0.29) is 0 Å². The highest BCUT2D eigenvalue weighted by Gasteiger charge is 2.29. The summed E-state index contributed by atoms with van der Waals surface area (Å²) >= 11 is 1.56. The molecule has 2 heterocycles. The lowest BCUT2D eigenvalue weighted by Gasteiger charge is -2.21. The summed E-state index contributed by atoms with van der Waals surface area (Å²) in [5.74, 6) is 2.43. The molecule has 16 heavy (non-hydrogen) atoms. The summed E-state index contributed by atoms with van der Waals surface area (Å²) in [6, 6.07) is 0.611. The van der Waals surface area contributed by atoms with Crippen molar-refractivity contribution in [3.8, 4) is 0 Å². The van der Waals surface area contributed by atoms with Gasteiger partial charge in [0, 0.05) is 30.5 Å². The SMILES string of the molecule is CC(C)Cc1nsc(N2CCC(C)C2C)n1. The lowest BCUT2D eigenvalue weighted by molar-refractivity contribution is 0.545. The van der Waals surface area contributed by atoms with Crippen molar-refractivity contribution < 1.29 is 0 Å². The Morgan fingerprint density at radius 1 is 1.44 bits per heavy atom. The Morgan fingerprint density at radius 3 is 2.75 bits per heavy atom. The number of rotatable bonds is 3. The lowest BCUT2D eigenvalue weighted by Crippen LogP contribution is -2.28. The molecule has 0 spiro atoms. The highest BCUT2D eigenvalue weighted by atomic mass is 32.1. The molecule has 1 aromatic rings. The van der Waals surface area contributed by atoms with E-state index in [2.05, 4.69) is 42.0 Å². The Balaban J connectivity index is 2.07. The third kappa shape index (κ3) is 2.37. The number of anilines is 1. The van der Waals surface area contributed by atoms with Crippen LogP contribution in [0.15, 0.2) is 0 Å². The average Bonchev–Trinajstić information content (AvgIpc) is 2.75. The van der Waals surface area contributed by atoms with Crippen LogP contribution in [0.1, 0.15) is 39.9 Å². The first-order valence-corrected chi connectivity index (χ1v) is 6.94. The van der Waals surface area contributed by atoms with Crippen molar-refractivity contribution in [2.45, 2.75) is 46.6 Å². The first kappa shape index (κ1) is 11.8. The van der Waals surface area contributed by atoms with E-state index in [1.165, 1.54) is 6.42 Å². The van der Waals surface area contributed by atoms with Gasteiger partial charge in [0.25, 0.3) is 0 Å². The Labute approximate surface area is 102 Å². The van der Waals surface area contributed by atoms with Crippen molar-refractivity contribution in [3.05, 3.63) is 5.82 Å². The third-order valence-corrected chi connectivity index (χ3v) is 4.23. The largest absolute Gasteiger partial charge is 0.344 e. The maximum Gasteiger partial charge on any atom is 0.205 e. The van der Waals surface area contributed by atoms with Gasteiger partial charge in [0.05, 0.1) is 0 Å². The van der Waals surface area contributed by atoms with Crippen LogP contribution in [0.3, 0.4) is 0 Å². The lowest BCUT2D eigenvalue weighted by atomic mass is 10.1. The van der Waals surface area contributed by atoms with Crippen LogP contribution in [0.5, 0.6) is 0 Å². The second-order valence-corrected chi connectivity index (χ2v) is 6.02. The Hall–Kier alpha value is -0.640. The fourth-order valence-electron chi connectivity index (χ4n) is 2.17. The summed E-state index contributed by atoms with van der Waals surface area (Å²) in [5.41, 5.74) is 0. The van der Waals surface area contributed by atoms with Crippen LogP contribution in [-0.4, -0.2) is 21.9 Å². The molecule has 0 radical (unpaired) electrons. The normalized spacial score (nSPS) is 25.7. The smallest absolute Gasteiger partial charge is 0.205 e. The molecule has 0 saturated carbocycles. The Kier molecular flexibility index (Phi) is 3.47. The molecule has 1 aromatic heterocycles.